The third kappa shape index (κ3) is 6.40. The van der Waals surface area contributed by atoms with Crippen LogP contribution in [0.2, 0.25) is 0 Å². The second-order valence-corrected chi connectivity index (χ2v) is 5.32. The van der Waals surface area contributed by atoms with E-state index >= 15 is 0 Å². The van der Waals surface area contributed by atoms with Crippen molar-refractivity contribution in [2.75, 3.05) is 5.32 Å². The third-order valence-electron chi connectivity index (χ3n) is 2.74. The van der Waals surface area contributed by atoms with Crippen LogP contribution in [0.3, 0.4) is 0 Å². The van der Waals surface area contributed by atoms with Gasteiger partial charge in [0, 0.05) is 23.0 Å². The first-order valence-corrected chi connectivity index (χ1v) is 7.32. The number of hydrogen-bond acceptors (Lipinski definition) is 3. The van der Waals surface area contributed by atoms with Crippen molar-refractivity contribution >= 4 is 39.5 Å². The van der Waals surface area contributed by atoms with Crippen molar-refractivity contribution in [3.8, 4) is 0 Å². The van der Waals surface area contributed by atoms with Gasteiger partial charge in [-0.05, 0) is 36.6 Å². The smallest absolute Gasteiger partial charge is 0.325 e. The molecule has 0 unspecified atom stereocenters. The molecule has 114 valence electrons. The fourth-order valence-corrected chi connectivity index (χ4v) is 2.13. The van der Waals surface area contributed by atoms with Gasteiger partial charge in [0.05, 0.1) is 0 Å². The Bertz CT molecular complexity index is 546. The van der Waals surface area contributed by atoms with Gasteiger partial charge in [0.2, 0.25) is 5.91 Å². The van der Waals surface area contributed by atoms with E-state index in [-0.39, 0.29) is 19.3 Å². The second kappa shape index (κ2) is 8.41. The summed E-state index contributed by atoms with van der Waals surface area (Å²) in [5, 5.41) is 13.3. The number of rotatable bonds is 6. The Kier molecular flexibility index (Phi) is 6.87. The number of carboxylic acids is 1. The third-order valence-corrected chi connectivity index (χ3v) is 3.24. The zero-order valence-electron chi connectivity index (χ0n) is 11.6. The maximum atomic E-state index is 11.7. The normalized spacial score (nSPS) is 10.0. The van der Waals surface area contributed by atoms with Crippen molar-refractivity contribution in [3.05, 3.63) is 28.2 Å². The quantitative estimate of drug-likeness (QED) is 0.730. The summed E-state index contributed by atoms with van der Waals surface area (Å²) in [6.45, 7) is 1.96. The van der Waals surface area contributed by atoms with Gasteiger partial charge in [-0.25, -0.2) is 4.79 Å². The Morgan fingerprint density at radius 3 is 2.57 bits per heavy atom. The average molecular weight is 357 g/mol. The first-order chi connectivity index (χ1) is 9.92. The maximum absolute atomic E-state index is 11.7. The number of hydrogen-bond donors (Lipinski definition) is 3. The molecule has 6 nitrogen and oxygen atoms in total. The number of amides is 3. The van der Waals surface area contributed by atoms with Crippen LogP contribution in [0.4, 0.5) is 10.5 Å². The topological polar surface area (TPSA) is 95.5 Å². The molecule has 0 bridgehead atoms. The van der Waals surface area contributed by atoms with E-state index in [0.29, 0.717) is 5.69 Å². The van der Waals surface area contributed by atoms with Gasteiger partial charge in [-0.1, -0.05) is 22.9 Å². The highest BCUT2D eigenvalue weighted by Gasteiger charge is 2.10. The fraction of sp³-hybridized carbons (Fsp3) is 0.357. The second-order valence-electron chi connectivity index (χ2n) is 4.40. The number of carbonyl (C=O) groups is 3. The molecule has 0 heterocycles. The fourth-order valence-electron chi connectivity index (χ4n) is 1.72. The minimum absolute atomic E-state index is 0.000687. The highest BCUT2D eigenvalue weighted by Crippen LogP contribution is 2.21. The summed E-state index contributed by atoms with van der Waals surface area (Å²) < 4.78 is 0.912. The molecule has 1 aromatic rings. The van der Waals surface area contributed by atoms with Crippen LogP contribution in [0.15, 0.2) is 22.7 Å². The first-order valence-electron chi connectivity index (χ1n) is 6.53. The van der Waals surface area contributed by atoms with Crippen LogP contribution in [0.5, 0.6) is 0 Å². The minimum atomic E-state index is -0.963. The van der Waals surface area contributed by atoms with Crippen molar-refractivity contribution < 1.29 is 19.5 Å². The van der Waals surface area contributed by atoms with Crippen LogP contribution in [-0.4, -0.2) is 23.0 Å². The SMILES string of the molecule is CCc1cc(Br)ccc1NC(=O)NC(=O)CCCC(=O)O. The standard InChI is InChI=1S/C14H17BrN2O4/c1-2-9-8-10(15)6-7-11(9)16-14(21)17-12(18)4-3-5-13(19)20/h6-8H,2-5H2,1H3,(H,19,20)(H2,16,17,18,21). The molecule has 7 heteroatoms. The highest BCUT2D eigenvalue weighted by molar-refractivity contribution is 9.10. The average Bonchev–Trinajstić information content (AvgIpc) is 2.40. The summed E-state index contributed by atoms with van der Waals surface area (Å²) in [7, 11) is 0. The van der Waals surface area contributed by atoms with Crippen molar-refractivity contribution in [3.63, 3.8) is 0 Å². The molecule has 0 atom stereocenters. The van der Waals surface area contributed by atoms with Gasteiger partial charge in [-0.2, -0.15) is 0 Å². The molecule has 0 fully saturated rings. The molecule has 0 saturated heterocycles. The van der Waals surface area contributed by atoms with E-state index in [0.717, 1.165) is 16.5 Å². The molecule has 1 rings (SSSR count). The van der Waals surface area contributed by atoms with E-state index in [4.69, 9.17) is 5.11 Å². The van der Waals surface area contributed by atoms with E-state index < -0.39 is 17.9 Å². The number of nitrogens with one attached hydrogen (secondary N) is 2. The van der Waals surface area contributed by atoms with Gasteiger partial charge in [0.15, 0.2) is 0 Å². The number of urea groups is 1. The van der Waals surface area contributed by atoms with E-state index in [1.165, 1.54) is 0 Å². The van der Waals surface area contributed by atoms with Gasteiger partial charge in [-0.15, -0.1) is 0 Å². The maximum Gasteiger partial charge on any atom is 0.325 e. The van der Waals surface area contributed by atoms with Crippen molar-refractivity contribution in [2.24, 2.45) is 0 Å². The summed E-state index contributed by atoms with van der Waals surface area (Å²) in [5.74, 6) is -1.46. The number of aryl methyl sites for hydroxylation is 1. The molecule has 0 aromatic heterocycles. The Hall–Kier alpha value is -1.89. The monoisotopic (exact) mass is 356 g/mol. The Morgan fingerprint density at radius 2 is 1.95 bits per heavy atom. The zero-order valence-corrected chi connectivity index (χ0v) is 13.2. The van der Waals surface area contributed by atoms with Crippen molar-refractivity contribution in [2.45, 2.75) is 32.6 Å². The van der Waals surface area contributed by atoms with E-state index in [9.17, 15) is 14.4 Å². The van der Waals surface area contributed by atoms with Crippen LogP contribution >= 0.6 is 15.9 Å². The van der Waals surface area contributed by atoms with Gasteiger partial charge < -0.3 is 10.4 Å². The van der Waals surface area contributed by atoms with Crippen LogP contribution in [0.1, 0.15) is 31.7 Å². The van der Waals surface area contributed by atoms with Crippen LogP contribution in [0.25, 0.3) is 0 Å². The lowest BCUT2D eigenvalue weighted by atomic mass is 10.1. The molecule has 0 saturated carbocycles. The number of benzene rings is 1. The minimum Gasteiger partial charge on any atom is -0.481 e. The number of aliphatic carboxylic acids is 1. The Balaban J connectivity index is 2.50. The van der Waals surface area contributed by atoms with Crippen LogP contribution in [-0.2, 0) is 16.0 Å². The Labute approximate surface area is 131 Å². The van der Waals surface area contributed by atoms with Crippen LogP contribution in [0, 0.1) is 0 Å². The molecule has 0 aliphatic rings. The lowest BCUT2D eigenvalue weighted by molar-refractivity contribution is -0.137. The molecular formula is C14H17BrN2O4. The lowest BCUT2D eigenvalue weighted by Crippen LogP contribution is -2.34. The highest BCUT2D eigenvalue weighted by atomic mass is 79.9. The van der Waals surface area contributed by atoms with Crippen molar-refractivity contribution in [1.82, 2.24) is 5.32 Å². The molecule has 0 aliphatic carbocycles. The van der Waals surface area contributed by atoms with E-state index in [1.807, 2.05) is 13.0 Å². The molecule has 0 radical (unpaired) electrons. The number of halogens is 1. The van der Waals surface area contributed by atoms with Gasteiger partial charge in [-0.3, -0.25) is 14.9 Å². The molecule has 0 aliphatic heterocycles. The Morgan fingerprint density at radius 1 is 1.24 bits per heavy atom. The summed E-state index contributed by atoms with van der Waals surface area (Å²) in [5.41, 5.74) is 1.58. The molecular weight excluding hydrogens is 340 g/mol. The van der Waals surface area contributed by atoms with Crippen molar-refractivity contribution in [1.29, 1.82) is 0 Å². The first kappa shape index (κ1) is 17.2. The number of anilines is 1. The molecule has 3 N–H and O–H groups in total. The zero-order chi connectivity index (χ0) is 15.8. The van der Waals surface area contributed by atoms with Crippen LogP contribution < -0.4 is 10.6 Å². The lowest BCUT2D eigenvalue weighted by Gasteiger charge is -2.10. The van der Waals surface area contributed by atoms with Gasteiger partial charge in [0.25, 0.3) is 0 Å². The molecule has 21 heavy (non-hydrogen) atoms. The predicted octanol–water partition coefficient (Wildman–Crippen LogP) is 2.91. The van der Waals surface area contributed by atoms with E-state index in [2.05, 4.69) is 26.6 Å². The molecule has 3 amide bonds. The summed E-state index contributed by atoms with van der Waals surface area (Å²) in [4.78, 5) is 33.5. The molecule has 1 aromatic carbocycles. The summed E-state index contributed by atoms with van der Waals surface area (Å²) in [6.07, 6.45) is 0.844. The van der Waals surface area contributed by atoms with E-state index in [1.54, 1.807) is 12.1 Å². The molecule has 0 spiro atoms. The van der Waals surface area contributed by atoms with Gasteiger partial charge >= 0.3 is 12.0 Å². The summed E-state index contributed by atoms with van der Waals surface area (Å²) in [6, 6.07) is 4.82. The number of carboxylic acid groups (broad SMARTS) is 1. The predicted molar refractivity (Wildman–Crippen MR) is 82.2 cm³/mol. The largest absolute Gasteiger partial charge is 0.481 e. The number of carbonyl (C=O) groups excluding carboxylic acids is 2. The summed E-state index contributed by atoms with van der Waals surface area (Å²) >= 11 is 3.35. The number of imide groups is 1. The van der Waals surface area contributed by atoms with Gasteiger partial charge in [0.1, 0.15) is 0 Å².